The van der Waals surface area contributed by atoms with Crippen LogP contribution in [-0.4, -0.2) is 64.6 Å². The van der Waals surface area contributed by atoms with Crippen LogP contribution in [0, 0.1) is 11.8 Å². The number of piperidine rings is 1. The molecule has 2 aliphatic carbocycles. The fraction of sp³-hybridized carbons (Fsp3) is 0.459. The Kier molecular flexibility index (Phi) is 7.72. The van der Waals surface area contributed by atoms with E-state index in [4.69, 9.17) is 13.9 Å². The van der Waals surface area contributed by atoms with Gasteiger partial charge in [0.25, 0.3) is 0 Å². The van der Waals surface area contributed by atoms with Gasteiger partial charge in [0, 0.05) is 48.7 Å². The van der Waals surface area contributed by atoms with Crippen molar-refractivity contribution in [2.24, 2.45) is 11.8 Å². The van der Waals surface area contributed by atoms with Crippen molar-refractivity contribution in [3.05, 3.63) is 89.4 Å². The van der Waals surface area contributed by atoms with Crippen LogP contribution in [0.2, 0.25) is 0 Å². The molecule has 4 aliphatic rings. The van der Waals surface area contributed by atoms with E-state index in [0.29, 0.717) is 18.8 Å². The summed E-state index contributed by atoms with van der Waals surface area (Å²) in [5, 5.41) is 11.1. The number of benzene rings is 2. The molecule has 1 spiro atoms. The fourth-order valence-electron chi connectivity index (χ4n) is 8.85. The number of phenols is 1. The van der Waals surface area contributed by atoms with Gasteiger partial charge in [-0.25, -0.2) is 0 Å². The molecule has 2 aromatic carbocycles. The molecule has 3 aromatic rings. The summed E-state index contributed by atoms with van der Waals surface area (Å²) in [6.07, 6.45) is 9.51. The van der Waals surface area contributed by atoms with Crippen LogP contribution in [0.4, 0.5) is 0 Å². The molecule has 8 nitrogen and oxygen atoms in total. The number of carbonyl (C=O) groups excluding carboxylic acids is 2. The third-order valence-electron chi connectivity index (χ3n) is 10.5. The molecule has 0 radical (unpaired) electrons. The second-order valence-corrected chi connectivity index (χ2v) is 13.6. The largest absolute Gasteiger partial charge is 0.504 e. The molecule has 2 aliphatic heterocycles. The lowest BCUT2D eigenvalue weighted by Gasteiger charge is -2.60. The van der Waals surface area contributed by atoms with Gasteiger partial charge in [-0.05, 0) is 73.4 Å². The maximum absolute atomic E-state index is 13.9. The molecule has 1 saturated carbocycles. The lowest BCUT2D eigenvalue weighted by molar-refractivity contribution is -0.151. The molecule has 1 aromatic heterocycles. The zero-order chi connectivity index (χ0) is 31.3. The summed E-state index contributed by atoms with van der Waals surface area (Å²) in [5.74, 6) is 1.02. The second kappa shape index (κ2) is 11.7. The van der Waals surface area contributed by atoms with E-state index in [1.54, 1.807) is 30.7 Å². The maximum atomic E-state index is 13.9. The van der Waals surface area contributed by atoms with E-state index < -0.39 is 0 Å². The Bertz CT molecular complexity index is 1580. The number of amides is 1. The first-order chi connectivity index (χ1) is 21.8. The SMILES string of the molecule is CC(=O)OC(CN1CC[C@]23c4c5ccc(O)c4O[C@H]2[C@@H](N(CC(C)C)C(=O)C=Cc2ccoc2)CC[C@H]3[C@H]1C5)c1ccccc1. The van der Waals surface area contributed by atoms with Crippen molar-refractivity contribution in [1.82, 2.24) is 9.80 Å². The molecule has 236 valence electrons. The van der Waals surface area contributed by atoms with Gasteiger partial charge in [-0.3, -0.25) is 14.5 Å². The molecule has 1 amide bonds. The molecule has 6 atom stereocenters. The lowest BCUT2D eigenvalue weighted by atomic mass is 9.51. The monoisotopic (exact) mass is 610 g/mol. The van der Waals surface area contributed by atoms with Gasteiger partial charge in [0.15, 0.2) is 11.5 Å². The molecular weight excluding hydrogens is 568 g/mol. The minimum Gasteiger partial charge on any atom is -0.504 e. The van der Waals surface area contributed by atoms with Crippen LogP contribution in [0.5, 0.6) is 11.5 Å². The fourth-order valence-corrected chi connectivity index (χ4v) is 8.85. The van der Waals surface area contributed by atoms with Crippen LogP contribution in [0.1, 0.15) is 68.4 Å². The van der Waals surface area contributed by atoms with Crippen LogP contribution in [-0.2, 0) is 26.2 Å². The summed E-state index contributed by atoms with van der Waals surface area (Å²) >= 11 is 0. The van der Waals surface area contributed by atoms with E-state index in [-0.39, 0.29) is 59.2 Å². The van der Waals surface area contributed by atoms with Crippen LogP contribution < -0.4 is 4.74 Å². The highest BCUT2D eigenvalue weighted by Gasteiger charge is 2.66. The number of hydrogen-bond donors (Lipinski definition) is 1. The van der Waals surface area contributed by atoms with Crippen molar-refractivity contribution in [1.29, 1.82) is 0 Å². The number of ether oxygens (including phenoxy) is 2. The van der Waals surface area contributed by atoms with E-state index in [2.05, 4.69) is 24.8 Å². The molecule has 8 heteroatoms. The third-order valence-corrected chi connectivity index (χ3v) is 10.5. The van der Waals surface area contributed by atoms with E-state index in [1.165, 1.54) is 12.5 Å². The van der Waals surface area contributed by atoms with Crippen molar-refractivity contribution in [3.8, 4) is 11.5 Å². The summed E-state index contributed by atoms with van der Waals surface area (Å²) in [6.45, 7) is 7.80. The number of rotatable bonds is 9. The zero-order valence-electron chi connectivity index (χ0n) is 26.2. The van der Waals surface area contributed by atoms with Crippen molar-refractivity contribution >= 4 is 18.0 Å². The van der Waals surface area contributed by atoms with Gasteiger partial charge >= 0.3 is 5.97 Å². The first-order valence-electron chi connectivity index (χ1n) is 16.3. The second-order valence-electron chi connectivity index (χ2n) is 13.6. The smallest absolute Gasteiger partial charge is 0.303 e. The zero-order valence-corrected chi connectivity index (χ0v) is 26.2. The van der Waals surface area contributed by atoms with Gasteiger partial charge < -0.3 is 23.9 Å². The molecular formula is C37H42N2O6. The Morgan fingerprint density at radius 3 is 2.71 bits per heavy atom. The maximum Gasteiger partial charge on any atom is 0.303 e. The number of nitrogens with zero attached hydrogens (tertiary/aromatic N) is 2. The van der Waals surface area contributed by atoms with E-state index in [1.807, 2.05) is 41.3 Å². The summed E-state index contributed by atoms with van der Waals surface area (Å²) in [7, 11) is 0. The molecule has 2 fully saturated rings. The minimum atomic E-state index is -0.359. The first-order valence-corrected chi connectivity index (χ1v) is 16.3. The van der Waals surface area contributed by atoms with Gasteiger partial charge in [-0.2, -0.15) is 0 Å². The highest BCUT2D eigenvalue weighted by molar-refractivity contribution is 5.92. The third kappa shape index (κ3) is 5.13. The Labute approximate surface area is 264 Å². The standard InChI is InChI=1S/C37H42N2O6/c1-23(2)20-39(33(42)14-9-25-15-18-43-22-25)29-12-11-28-30-19-27-10-13-31(41)35-34(27)37(28,36(29)45-35)16-17-38(30)21-32(44-24(3)40)26-7-5-4-6-8-26/h4-10,13-15,18,22-23,28-30,32,36,41H,11-12,16-17,19-21H2,1-3H3/t28-,29-,30+,32?,36-,37-/m0/s1. The number of carbonyl (C=O) groups is 2. The topological polar surface area (TPSA) is 92.5 Å². The summed E-state index contributed by atoms with van der Waals surface area (Å²) in [6, 6.07) is 15.7. The predicted octanol–water partition coefficient (Wildman–Crippen LogP) is 5.90. The van der Waals surface area contributed by atoms with Crippen LogP contribution in [0.15, 0.2) is 71.6 Å². The summed E-state index contributed by atoms with van der Waals surface area (Å²) in [4.78, 5) is 30.6. The molecule has 1 saturated heterocycles. The van der Waals surface area contributed by atoms with Crippen molar-refractivity contribution in [3.63, 3.8) is 0 Å². The van der Waals surface area contributed by atoms with Gasteiger partial charge in [0.1, 0.15) is 12.2 Å². The molecule has 2 bridgehead atoms. The summed E-state index contributed by atoms with van der Waals surface area (Å²) in [5.41, 5.74) is 3.90. The Morgan fingerprint density at radius 2 is 1.98 bits per heavy atom. The highest BCUT2D eigenvalue weighted by Crippen LogP contribution is 2.64. The number of phenolic OH excluding ortho intramolecular Hbond substituents is 1. The number of likely N-dealkylation sites (tertiary alicyclic amines) is 1. The Hall–Kier alpha value is -4.04. The van der Waals surface area contributed by atoms with Crippen molar-refractivity contribution in [2.75, 3.05) is 19.6 Å². The lowest BCUT2D eigenvalue weighted by Crippen LogP contribution is -2.69. The average molecular weight is 611 g/mol. The van der Waals surface area contributed by atoms with Gasteiger partial charge in [-0.1, -0.05) is 50.2 Å². The highest BCUT2D eigenvalue weighted by atomic mass is 16.5. The van der Waals surface area contributed by atoms with Gasteiger partial charge in [0.2, 0.25) is 5.91 Å². The van der Waals surface area contributed by atoms with Crippen molar-refractivity contribution < 1.29 is 28.6 Å². The van der Waals surface area contributed by atoms with Crippen LogP contribution in [0.25, 0.3) is 6.08 Å². The molecule has 45 heavy (non-hydrogen) atoms. The van der Waals surface area contributed by atoms with E-state index >= 15 is 0 Å². The number of esters is 1. The number of furan rings is 1. The number of hydrogen-bond acceptors (Lipinski definition) is 7. The van der Waals surface area contributed by atoms with Gasteiger partial charge in [0.05, 0.1) is 18.6 Å². The minimum absolute atomic E-state index is 0.0365. The van der Waals surface area contributed by atoms with E-state index in [0.717, 1.165) is 48.9 Å². The molecule has 3 heterocycles. The predicted molar refractivity (Wildman–Crippen MR) is 170 cm³/mol. The van der Waals surface area contributed by atoms with E-state index in [9.17, 15) is 14.7 Å². The Balaban J connectivity index is 1.24. The molecule has 1 unspecified atom stereocenters. The van der Waals surface area contributed by atoms with Crippen LogP contribution in [0.3, 0.4) is 0 Å². The average Bonchev–Trinajstić information content (AvgIpc) is 3.67. The van der Waals surface area contributed by atoms with Gasteiger partial charge in [-0.15, -0.1) is 0 Å². The molecule has 1 N–H and O–H groups in total. The summed E-state index contributed by atoms with van der Waals surface area (Å²) < 4.78 is 17.9. The number of aromatic hydroxyl groups is 1. The Morgan fingerprint density at radius 1 is 1.16 bits per heavy atom. The normalized spacial score (nSPS) is 27.2. The molecule has 7 rings (SSSR count). The van der Waals surface area contributed by atoms with Crippen molar-refractivity contribution in [2.45, 2.75) is 76.2 Å². The van der Waals surface area contributed by atoms with Crippen LogP contribution >= 0.6 is 0 Å². The quantitative estimate of drug-likeness (QED) is 0.238. The first kappa shape index (κ1) is 29.7.